The first kappa shape index (κ1) is 13.7. The van der Waals surface area contributed by atoms with Crippen LogP contribution in [0.5, 0.6) is 5.75 Å². The van der Waals surface area contributed by atoms with Crippen LogP contribution in [-0.2, 0) is 12.4 Å². The highest BCUT2D eigenvalue weighted by atomic mass is 35.5. The Morgan fingerprint density at radius 2 is 2.25 bits per heavy atom. The van der Waals surface area contributed by atoms with Crippen LogP contribution in [-0.4, -0.2) is 41.2 Å². The lowest BCUT2D eigenvalue weighted by atomic mass is 10.3. The molecule has 0 spiro atoms. The van der Waals surface area contributed by atoms with Gasteiger partial charge in [0.05, 0.1) is 24.0 Å². The quantitative estimate of drug-likeness (QED) is 0.767. The molecule has 1 fully saturated rings. The Kier molecular flexibility index (Phi) is 3.85. The fraction of sp³-hybridized carbons (Fsp3) is 0.533. The highest BCUT2D eigenvalue weighted by molar-refractivity contribution is 6.16. The molecule has 0 amide bonds. The smallest absolute Gasteiger partial charge is 0.124 e. The van der Waals surface area contributed by atoms with Crippen molar-refractivity contribution in [2.45, 2.75) is 31.3 Å². The number of aromatic nitrogens is 2. The SMILES string of the molecule is COc1ccc2nc(CCl)n(CCN(C)C3CC3)c2c1. The van der Waals surface area contributed by atoms with Gasteiger partial charge in [-0.25, -0.2) is 4.98 Å². The summed E-state index contributed by atoms with van der Waals surface area (Å²) in [6.07, 6.45) is 2.66. The minimum absolute atomic E-state index is 0.435. The average molecular weight is 294 g/mol. The second-order valence-corrected chi connectivity index (χ2v) is 5.65. The number of nitrogens with zero attached hydrogens (tertiary/aromatic N) is 3. The van der Waals surface area contributed by atoms with Crippen LogP contribution in [0.25, 0.3) is 11.0 Å². The predicted molar refractivity (Wildman–Crippen MR) is 81.5 cm³/mol. The molecule has 108 valence electrons. The third-order valence-corrected chi connectivity index (χ3v) is 4.24. The molecular formula is C15H20ClN3O. The number of hydrogen-bond donors (Lipinski definition) is 0. The number of methoxy groups -OCH3 is 1. The maximum Gasteiger partial charge on any atom is 0.124 e. The van der Waals surface area contributed by atoms with Crippen molar-refractivity contribution in [1.29, 1.82) is 0 Å². The molecule has 1 heterocycles. The lowest BCUT2D eigenvalue weighted by Gasteiger charge is -2.17. The highest BCUT2D eigenvalue weighted by Gasteiger charge is 2.25. The van der Waals surface area contributed by atoms with Gasteiger partial charge in [-0.15, -0.1) is 11.6 Å². The van der Waals surface area contributed by atoms with E-state index in [2.05, 4.69) is 21.5 Å². The van der Waals surface area contributed by atoms with Gasteiger partial charge in [-0.2, -0.15) is 0 Å². The first-order valence-electron chi connectivity index (χ1n) is 7.02. The second-order valence-electron chi connectivity index (χ2n) is 5.38. The first-order valence-corrected chi connectivity index (χ1v) is 7.55. The predicted octanol–water partition coefficient (Wildman–Crippen LogP) is 2.88. The molecule has 1 aromatic heterocycles. The molecule has 1 aliphatic rings. The molecule has 0 N–H and O–H groups in total. The molecule has 0 bridgehead atoms. The standard InChI is InChI=1S/C15H20ClN3O/c1-18(11-3-4-11)7-8-19-14-9-12(20-2)5-6-13(14)17-15(19)10-16/h5-6,9,11H,3-4,7-8,10H2,1-2H3. The molecule has 1 saturated carbocycles. The van der Waals surface area contributed by atoms with E-state index in [1.165, 1.54) is 12.8 Å². The normalized spacial score (nSPS) is 15.2. The van der Waals surface area contributed by atoms with E-state index in [9.17, 15) is 0 Å². The Morgan fingerprint density at radius 3 is 2.90 bits per heavy atom. The molecule has 0 radical (unpaired) electrons. The van der Waals surface area contributed by atoms with E-state index in [1.807, 2.05) is 18.2 Å². The van der Waals surface area contributed by atoms with Crippen LogP contribution in [0.1, 0.15) is 18.7 Å². The molecule has 2 aromatic rings. The summed E-state index contributed by atoms with van der Waals surface area (Å²) in [6, 6.07) is 6.74. The number of hydrogen-bond acceptors (Lipinski definition) is 3. The third-order valence-electron chi connectivity index (χ3n) is 4.00. The highest BCUT2D eigenvalue weighted by Crippen LogP contribution is 2.26. The summed E-state index contributed by atoms with van der Waals surface area (Å²) in [5.41, 5.74) is 2.08. The molecule has 0 atom stereocenters. The molecule has 0 unspecified atom stereocenters. The van der Waals surface area contributed by atoms with Crippen LogP contribution in [0.4, 0.5) is 0 Å². The van der Waals surface area contributed by atoms with Gasteiger partial charge in [0.25, 0.3) is 0 Å². The van der Waals surface area contributed by atoms with Gasteiger partial charge >= 0.3 is 0 Å². The van der Waals surface area contributed by atoms with Crippen molar-refractivity contribution in [3.8, 4) is 5.75 Å². The van der Waals surface area contributed by atoms with Gasteiger partial charge < -0.3 is 14.2 Å². The molecule has 3 rings (SSSR count). The number of benzene rings is 1. The van der Waals surface area contributed by atoms with E-state index in [-0.39, 0.29) is 0 Å². The van der Waals surface area contributed by atoms with E-state index in [1.54, 1.807) is 7.11 Å². The first-order chi connectivity index (χ1) is 9.72. The van der Waals surface area contributed by atoms with Crippen molar-refractivity contribution in [2.75, 3.05) is 20.7 Å². The van der Waals surface area contributed by atoms with E-state index in [0.29, 0.717) is 5.88 Å². The van der Waals surface area contributed by atoms with E-state index in [0.717, 1.165) is 41.7 Å². The summed E-state index contributed by atoms with van der Waals surface area (Å²) in [7, 11) is 3.88. The van der Waals surface area contributed by atoms with Gasteiger partial charge in [0.2, 0.25) is 0 Å². The van der Waals surface area contributed by atoms with Crippen molar-refractivity contribution in [3.63, 3.8) is 0 Å². The molecule has 0 saturated heterocycles. The van der Waals surface area contributed by atoms with Crippen molar-refractivity contribution < 1.29 is 4.74 Å². The summed E-state index contributed by atoms with van der Waals surface area (Å²) >= 11 is 6.04. The summed E-state index contributed by atoms with van der Waals surface area (Å²) in [5.74, 6) is 2.22. The zero-order chi connectivity index (χ0) is 14.1. The van der Waals surface area contributed by atoms with Gasteiger partial charge in [0.15, 0.2) is 0 Å². The van der Waals surface area contributed by atoms with E-state index >= 15 is 0 Å². The Balaban J connectivity index is 1.89. The Morgan fingerprint density at radius 1 is 1.45 bits per heavy atom. The second kappa shape index (κ2) is 5.62. The molecule has 5 heteroatoms. The number of imidazole rings is 1. The van der Waals surface area contributed by atoms with Crippen LogP contribution in [0, 0.1) is 0 Å². The van der Waals surface area contributed by atoms with Crippen LogP contribution in [0.15, 0.2) is 18.2 Å². The van der Waals surface area contributed by atoms with Crippen molar-refractivity contribution in [2.24, 2.45) is 0 Å². The van der Waals surface area contributed by atoms with E-state index in [4.69, 9.17) is 16.3 Å². The molecule has 4 nitrogen and oxygen atoms in total. The van der Waals surface area contributed by atoms with Crippen LogP contribution < -0.4 is 4.74 Å². The fourth-order valence-electron chi connectivity index (χ4n) is 2.59. The monoisotopic (exact) mass is 293 g/mol. The third kappa shape index (κ3) is 2.63. The maximum atomic E-state index is 6.04. The topological polar surface area (TPSA) is 30.3 Å². The van der Waals surface area contributed by atoms with Gasteiger partial charge in [0, 0.05) is 25.2 Å². The average Bonchev–Trinajstić information content (AvgIpc) is 3.26. The van der Waals surface area contributed by atoms with Crippen LogP contribution in [0.3, 0.4) is 0 Å². The summed E-state index contributed by atoms with van der Waals surface area (Å²) < 4.78 is 7.52. The number of ether oxygens (including phenoxy) is 1. The molecule has 20 heavy (non-hydrogen) atoms. The zero-order valence-electron chi connectivity index (χ0n) is 12.0. The Labute approximate surface area is 124 Å². The number of alkyl halides is 1. The largest absolute Gasteiger partial charge is 0.497 e. The van der Waals surface area contributed by atoms with E-state index < -0.39 is 0 Å². The minimum atomic E-state index is 0.435. The maximum absolute atomic E-state index is 6.04. The summed E-state index contributed by atoms with van der Waals surface area (Å²) in [6.45, 7) is 1.94. The Bertz CT molecular complexity index is 606. The fourth-order valence-corrected chi connectivity index (χ4v) is 2.79. The lowest BCUT2D eigenvalue weighted by molar-refractivity contribution is 0.309. The summed E-state index contributed by atoms with van der Waals surface area (Å²) in [5, 5.41) is 0. The molecular weight excluding hydrogens is 274 g/mol. The lowest BCUT2D eigenvalue weighted by Crippen LogP contribution is -2.25. The van der Waals surface area contributed by atoms with Gasteiger partial charge in [0.1, 0.15) is 11.6 Å². The number of likely N-dealkylation sites (N-methyl/N-ethyl adjacent to an activating group) is 1. The number of halogens is 1. The van der Waals surface area contributed by atoms with Crippen molar-refractivity contribution in [1.82, 2.24) is 14.5 Å². The van der Waals surface area contributed by atoms with Gasteiger partial charge in [-0.05, 0) is 32.0 Å². The minimum Gasteiger partial charge on any atom is -0.497 e. The Hall–Kier alpha value is -1.26. The molecule has 0 aliphatic heterocycles. The van der Waals surface area contributed by atoms with Crippen LogP contribution in [0.2, 0.25) is 0 Å². The molecule has 1 aromatic carbocycles. The number of fused-ring (bicyclic) bond motifs is 1. The van der Waals surface area contributed by atoms with Crippen molar-refractivity contribution in [3.05, 3.63) is 24.0 Å². The molecule has 1 aliphatic carbocycles. The number of rotatable bonds is 6. The summed E-state index contributed by atoms with van der Waals surface area (Å²) in [4.78, 5) is 7.02. The van der Waals surface area contributed by atoms with Crippen molar-refractivity contribution >= 4 is 22.6 Å². The van der Waals surface area contributed by atoms with Crippen LogP contribution >= 0.6 is 11.6 Å². The van der Waals surface area contributed by atoms with Gasteiger partial charge in [-0.3, -0.25) is 0 Å². The zero-order valence-corrected chi connectivity index (χ0v) is 12.7. The van der Waals surface area contributed by atoms with Gasteiger partial charge in [-0.1, -0.05) is 0 Å².